The molecule has 0 radical (unpaired) electrons. The van der Waals surface area contributed by atoms with Crippen molar-refractivity contribution in [3.8, 4) is 5.75 Å². The molecule has 2 aromatic rings. The Labute approximate surface area is 128 Å². The SMILES string of the molecule is COc1cccc(NC(=O)c2nn(C)c(C(F)(F)F)c2Cl)c1. The third-order valence-electron chi connectivity index (χ3n) is 2.80. The molecule has 0 unspecified atom stereocenters. The summed E-state index contributed by atoms with van der Waals surface area (Å²) in [5, 5.41) is 5.22. The van der Waals surface area contributed by atoms with Gasteiger partial charge >= 0.3 is 6.18 Å². The number of amides is 1. The number of ether oxygens (including phenoxy) is 1. The van der Waals surface area contributed by atoms with Crippen LogP contribution in [0.4, 0.5) is 18.9 Å². The van der Waals surface area contributed by atoms with Gasteiger partial charge in [0.05, 0.1) is 7.11 Å². The molecule has 1 aromatic heterocycles. The number of nitrogens with zero attached hydrogens (tertiary/aromatic N) is 2. The number of rotatable bonds is 3. The van der Waals surface area contributed by atoms with Crippen LogP contribution in [0, 0.1) is 0 Å². The molecule has 0 aliphatic heterocycles. The van der Waals surface area contributed by atoms with Crippen molar-refractivity contribution >= 4 is 23.2 Å². The van der Waals surface area contributed by atoms with Gasteiger partial charge in [0.25, 0.3) is 5.91 Å². The highest BCUT2D eigenvalue weighted by atomic mass is 35.5. The lowest BCUT2D eigenvalue weighted by atomic mass is 10.2. The summed E-state index contributed by atoms with van der Waals surface area (Å²) in [4.78, 5) is 12.0. The number of carbonyl (C=O) groups excluding carboxylic acids is 1. The number of halogens is 4. The van der Waals surface area contributed by atoms with E-state index in [2.05, 4.69) is 10.4 Å². The van der Waals surface area contributed by atoms with Crippen molar-refractivity contribution in [2.75, 3.05) is 12.4 Å². The van der Waals surface area contributed by atoms with Crippen molar-refractivity contribution in [2.45, 2.75) is 6.18 Å². The van der Waals surface area contributed by atoms with Gasteiger partial charge in [0.1, 0.15) is 10.8 Å². The molecule has 118 valence electrons. The van der Waals surface area contributed by atoms with Crippen LogP contribution in [0.2, 0.25) is 5.02 Å². The quantitative estimate of drug-likeness (QED) is 0.937. The minimum Gasteiger partial charge on any atom is -0.497 e. The van der Waals surface area contributed by atoms with Crippen LogP contribution in [0.5, 0.6) is 5.75 Å². The number of hydrogen-bond acceptors (Lipinski definition) is 3. The number of alkyl halides is 3. The van der Waals surface area contributed by atoms with Crippen LogP contribution in [-0.2, 0) is 13.2 Å². The summed E-state index contributed by atoms with van der Waals surface area (Å²) in [7, 11) is 2.52. The van der Waals surface area contributed by atoms with Crippen LogP contribution in [0.1, 0.15) is 16.2 Å². The van der Waals surface area contributed by atoms with Gasteiger partial charge in [-0.2, -0.15) is 18.3 Å². The number of nitrogens with one attached hydrogen (secondary N) is 1. The minimum atomic E-state index is -4.70. The fraction of sp³-hybridized carbons (Fsp3) is 0.231. The van der Waals surface area contributed by atoms with Crippen LogP contribution in [0.25, 0.3) is 0 Å². The van der Waals surface area contributed by atoms with E-state index >= 15 is 0 Å². The van der Waals surface area contributed by atoms with Crippen molar-refractivity contribution < 1.29 is 22.7 Å². The van der Waals surface area contributed by atoms with Gasteiger partial charge in [-0.25, -0.2) is 0 Å². The lowest BCUT2D eigenvalue weighted by molar-refractivity contribution is -0.143. The highest BCUT2D eigenvalue weighted by Crippen LogP contribution is 2.36. The molecule has 0 bridgehead atoms. The predicted octanol–water partition coefficient (Wildman–Crippen LogP) is 3.35. The average Bonchev–Trinajstić information content (AvgIpc) is 2.74. The van der Waals surface area contributed by atoms with Gasteiger partial charge in [-0.1, -0.05) is 17.7 Å². The molecule has 0 spiro atoms. The second-order valence-electron chi connectivity index (χ2n) is 4.32. The Balaban J connectivity index is 2.31. The van der Waals surface area contributed by atoms with Gasteiger partial charge in [-0.05, 0) is 12.1 Å². The highest BCUT2D eigenvalue weighted by molar-refractivity contribution is 6.34. The van der Waals surface area contributed by atoms with Gasteiger partial charge in [0, 0.05) is 18.8 Å². The van der Waals surface area contributed by atoms with Gasteiger partial charge in [-0.3, -0.25) is 9.48 Å². The normalized spacial score (nSPS) is 11.4. The Kier molecular flexibility index (Phi) is 4.32. The first-order chi connectivity index (χ1) is 10.2. The standard InChI is InChI=1S/C13H11ClF3N3O2/c1-20-11(13(15,16)17)9(14)10(19-20)12(21)18-7-4-3-5-8(6-7)22-2/h3-6H,1-2H3,(H,18,21). The molecule has 1 heterocycles. The molecule has 5 nitrogen and oxygen atoms in total. The van der Waals surface area contributed by atoms with E-state index in [1.807, 2.05) is 0 Å². The van der Waals surface area contributed by atoms with Crippen molar-refractivity contribution in [3.63, 3.8) is 0 Å². The summed E-state index contributed by atoms with van der Waals surface area (Å²) in [6, 6.07) is 6.35. The number of aromatic nitrogens is 2. The monoisotopic (exact) mass is 333 g/mol. The molecule has 0 aliphatic rings. The van der Waals surface area contributed by atoms with Crippen LogP contribution in [0.15, 0.2) is 24.3 Å². The number of methoxy groups -OCH3 is 1. The summed E-state index contributed by atoms with van der Waals surface area (Å²) in [5.41, 5.74) is -1.33. The molecule has 22 heavy (non-hydrogen) atoms. The van der Waals surface area contributed by atoms with Crippen LogP contribution >= 0.6 is 11.6 Å². The predicted molar refractivity (Wildman–Crippen MR) is 74.2 cm³/mol. The molecule has 0 atom stereocenters. The summed E-state index contributed by atoms with van der Waals surface area (Å²) in [6.07, 6.45) is -4.70. The maximum atomic E-state index is 12.8. The zero-order chi connectivity index (χ0) is 16.5. The van der Waals surface area contributed by atoms with E-state index in [0.717, 1.165) is 7.05 Å². The van der Waals surface area contributed by atoms with E-state index in [0.29, 0.717) is 16.1 Å². The Bertz CT molecular complexity index is 713. The first-order valence-corrected chi connectivity index (χ1v) is 6.37. The topological polar surface area (TPSA) is 56.1 Å². The number of carbonyl (C=O) groups is 1. The van der Waals surface area contributed by atoms with Crippen molar-refractivity contribution in [3.05, 3.63) is 40.7 Å². The van der Waals surface area contributed by atoms with Crippen molar-refractivity contribution in [1.29, 1.82) is 0 Å². The zero-order valence-corrected chi connectivity index (χ0v) is 12.3. The van der Waals surface area contributed by atoms with Gasteiger partial charge in [0.15, 0.2) is 11.4 Å². The zero-order valence-electron chi connectivity index (χ0n) is 11.5. The molecule has 0 saturated heterocycles. The van der Waals surface area contributed by atoms with Crippen molar-refractivity contribution in [2.24, 2.45) is 7.05 Å². The molecule has 0 fully saturated rings. The van der Waals surface area contributed by atoms with E-state index in [1.165, 1.54) is 13.2 Å². The van der Waals surface area contributed by atoms with Gasteiger partial charge in [0.2, 0.25) is 0 Å². The van der Waals surface area contributed by atoms with Crippen LogP contribution in [-0.4, -0.2) is 22.8 Å². The van der Waals surface area contributed by atoms with E-state index in [4.69, 9.17) is 16.3 Å². The molecule has 2 rings (SSSR count). The van der Waals surface area contributed by atoms with Crippen molar-refractivity contribution in [1.82, 2.24) is 9.78 Å². The Morgan fingerprint density at radius 3 is 2.64 bits per heavy atom. The molecule has 1 N–H and O–H groups in total. The lowest BCUT2D eigenvalue weighted by Crippen LogP contribution is -2.13. The van der Waals surface area contributed by atoms with E-state index < -0.39 is 28.5 Å². The summed E-state index contributed by atoms with van der Waals surface area (Å²) in [6.45, 7) is 0. The third-order valence-corrected chi connectivity index (χ3v) is 3.16. The fourth-order valence-corrected chi connectivity index (χ4v) is 2.20. The second kappa shape index (κ2) is 5.88. The van der Waals surface area contributed by atoms with Crippen LogP contribution < -0.4 is 10.1 Å². The molecule has 0 aliphatic carbocycles. The van der Waals surface area contributed by atoms with Crippen LogP contribution in [0.3, 0.4) is 0 Å². The van der Waals surface area contributed by atoms with E-state index in [9.17, 15) is 18.0 Å². The van der Waals surface area contributed by atoms with Gasteiger partial charge < -0.3 is 10.1 Å². The summed E-state index contributed by atoms with van der Waals surface area (Å²) in [5.74, 6) is -0.356. The highest BCUT2D eigenvalue weighted by Gasteiger charge is 2.39. The average molecular weight is 334 g/mol. The molecule has 1 amide bonds. The Hall–Kier alpha value is -2.22. The molecule has 9 heteroatoms. The summed E-state index contributed by atoms with van der Waals surface area (Å²) < 4.78 is 44.0. The largest absolute Gasteiger partial charge is 0.497 e. The smallest absolute Gasteiger partial charge is 0.434 e. The fourth-order valence-electron chi connectivity index (χ4n) is 1.84. The first-order valence-electron chi connectivity index (χ1n) is 5.99. The number of hydrogen-bond donors (Lipinski definition) is 1. The minimum absolute atomic E-state index is 0.347. The second-order valence-corrected chi connectivity index (χ2v) is 4.70. The number of aryl methyl sites for hydroxylation is 1. The van der Waals surface area contributed by atoms with E-state index in [-0.39, 0.29) is 0 Å². The van der Waals surface area contributed by atoms with E-state index in [1.54, 1.807) is 18.2 Å². The number of benzene rings is 1. The molecule has 1 aromatic carbocycles. The Morgan fingerprint density at radius 1 is 1.41 bits per heavy atom. The molecule has 0 saturated carbocycles. The maximum absolute atomic E-state index is 12.8. The third kappa shape index (κ3) is 3.16. The first kappa shape index (κ1) is 16.2. The maximum Gasteiger partial charge on any atom is 0.434 e. The summed E-state index contributed by atoms with van der Waals surface area (Å²) >= 11 is 5.65. The molecular weight excluding hydrogens is 323 g/mol. The van der Waals surface area contributed by atoms with Gasteiger partial charge in [-0.15, -0.1) is 0 Å². The number of anilines is 1. The lowest BCUT2D eigenvalue weighted by Gasteiger charge is -2.06. The molecular formula is C13H11ClF3N3O2. The Morgan fingerprint density at radius 2 is 2.09 bits per heavy atom.